The summed E-state index contributed by atoms with van der Waals surface area (Å²) in [6, 6.07) is 150. The van der Waals surface area contributed by atoms with Crippen molar-refractivity contribution in [1.29, 1.82) is 0 Å². The number of hydrogen-bond acceptors (Lipinski definition) is 2. The Hall–Kier alpha value is -14.4. The third-order valence-electron chi connectivity index (χ3n) is 25.4. The molecule has 0 atom stereocenters. The van der Waals surface area contributed by atoms with Gasteiger partial charge in [0.15, 0.2) is 0 Å². The van der Waals surface area contributed by atoms with Crippen LogP contribution in [0.4, 0.5) is 28.4 Å². The number of para-hydroxylation sites is 4. The Labute approximate surface area is 701 Å². The molecule has 0 spiro atoms. The van der Waals surface area contributed by atoms with E-state index in [1.165, 1.54) is 187 Å². The predicted octanol–water partition coefficient (Wildman–Crippen LogP) is 32.0. The van der Waals surface area contributed by atoms with Gasteiger partial charge in [-0.25, -0.2) is 0 Å². The number of aromatic nitrogens is 2. The van der Waals surface area contributed by atoms with E-state index in [1.54, 1.807) is 0 Å². The molecule has 4 heterocycles. The Balaban J connectivity index is 0.000000119. The zero-order chi connectivity index (χ0) is 79.6. The molecule has 0 unspecified atom stereocenters. The van der Waals surface area contributed by atoms with Crippen molar-refractivity contribution >= 4 is 121 Å². The fraction of sp³-hybridized carbons (Fsp3) is 0.0526. The molecule has 2 aliphatic rings. The van der Waals surface area contributed by atoms with Crippen molar-refractivity contribution in [3.8, 4) is 89.0 Å². The molecule has 0 saturated heterocycles. The van der Waals surface area contributed by atoms with E-state index in [-0.39, 0.29) is 10.8 Å². The lowest BCUT2D eigenvalue weighted by Crippen LogP contribution is -2.16. The molecule has 18 aromatic carbocycles. The predicted molar refractivity (Wildman–Crippen MR) is 508 cm³/mol. The van der Waals surface area contributed by atoms with Gasteiger partial charge in [0.1, 0.15) is 0 Å². The highest BCUT2D eigenvalue weighted by Gasteiger charge is 2.37. The normalized spacial score (nSPS) is 12.9. The quantitative estimate of drug-likeness (QED) is 0.140. The van der Waals surface area contributed by atoms with Crippen LogP contribution in [0.5, 0.6) is 0 Å². The van der Waals surface area contributed by atoms with Gasteiger partial charge < -0.3 is 19.0 Å². The molecule has 0 aliphatic heterocycles. The summed E-state index contributed by atoms with van der Waals surface area (Å²) in [5.74, 6) is 0. The molecule has 0 radical (unpaired) electrons. The summed E-state index contributed by atoms with van der Waals surface area (Å²) in [6.07, 6.45) is 0. The molecule has 24 rings (SSSR count). The number of nitrogens with zero attached hydrogens (tertiary/aromatic N) is 3. The molecular formula is C114H81BrN4. The standard InChI is InChI=1S/C57H40N2.C30H18BrN.C27H23N/c1-57(2)52-24-10-8-20-46(52)47-32-31-43(36-53(47)57)58(41-29-26-38(27-30-41)37-14-4-3-5-15-37)42-17-12-16-39(34-42)44-18-6-7-19-45(44)40-28-33-55-51(35-40)50-23-13-22-49-48-21-9-11-25-54(48)59(55)56(49)50;31-21-8-5-7-19(17-21)22-9-1-2-10-23(22)20-15-16-29-27(18-20)26-13-6-12-25-24-11-3-4-14-28(24)32(29)30(25)26;1-27(2)25-11-7-6-10-23(25)24-17-16-22(18-26(24)27)28-21-14-12-20(13-15-21)19-8-4-3-5-9-19/h3-36H,1-2H3;1-18H;3-18,28H,1-2H3. The maximum absolute atomic E-state index is 3.63. The molecular weight excluding hydrogens is 1510 g/mol. The number of fused-ring (bicyclic) bond motifs is 18. The van der Waals surface area contributed by atoms with Gasteiger partial charge in [0, 0.05) is 86.8 Å². The van der Waals surface area contributed by atoms with Crippen LogP contribution in [0.3, 0.4) is 0 Å². The third-order valence-corrected chi connectivity index (χ3v) is 25.9. The van der Waals surface area contributed by atoms with Gasteiger partial charge >= 0.3 is 0 Å². The lowest BCUT2D eigenvalue weighted by molar-refractivity contribution is 0.660. The topological polar surface area (TPSA) is 24.1 Å². The van der Waals surface area contributed by atoms with Crippen LogP contribution in [0.15, 0.2) is 417 Å². The van der Waals surface area contributed by atoms with Crippen LogP contribution in [0, 0.1) is 0 Å². The fourth-order valence-electron chi connectivity index (χ4n) is 19.7. The molecule has 4 nitrogen and oxygen atoms in total. The minimum atomic E-state index is -0.109. The first-order valence-corrected chi connectivity index (χ1v) is 42.0. The van der Waals surface area contributed by atoms with Crippen LogP contribution in [-0.2, 0) is 10.8 Å². The molecule has 5 heteroatoms. The van der Waals surface area contributed by atoms with E-state index in [2.05, 4.69) is 469 Å². The largest absolute Gasteiger partial charge is 0.356 e. The van der Waals surface area contributed by atoms with Crippen LogP contribution < -0.4 is 10.2 Å². The van der Waals surface area contributed by atoms with E-state index in [9.17, 15) is 0 Å². The first-order valence-electron chi connectivity index (χ1n) is 41.2. The molecule has 1 N–H and O–H groups in total. The van der Waals surface area contributed by atoms with Gasteiger partial charge in [-0.1, -0.05) is 347 Å². The summed E-state index contributed by atoms with van der Waals surface area (Å²) in [5.41, 5.74) is 38.8. The van der Waals surface area contributed by atoms with E-state index in [0.29, 0.717) is 0 Å². The molecule has 0 fully saturated rings. The molecule has 0 saturated carbocycles. The minimum absolute atomic E-state index is 0.0286. The van der Waals surface area contributed by atoms with Gasteiger partial charge in [-0.3, -0.25) is 0 Å². The monoisotopic (exact) mass is 1580 g/mol. The lowest BCUT2D eigenvalue weighted by Gasteiger charge is -2.28. The molecule has 4 aromatic heterocycles. The lowest BCUT2D eigenvalue weighted by atomic mass is 9.82. The number of nitrogens with one attached hydrogen (secondary N) is 1. The molecule has 2 aliphatic carbocycles. The van der Waals surface area contributed by atoms with Gasteiger partial charge in [0.25, 0.3) is 0 Å². The molecule has 0 amide bonds. The highest BCUT2D eigenvalue weighted by atomic mass is 79.9. The minimum Gasteiger partial charge on any atom is -0.356 e. The Bertz CT molecular complexity index is 7700. The summed E-state index contributed by atoms with van der Waals surface area (Å²) in [5, 5.41) is 14.0. The zero-order valence-corrected chi connectivity index (χ0v) is 68.1. The summed E-state index contributed by atoms with van der Waals surface area (Å²) in [6.45, 7) is 9.35. The first-order chi connectivity index (χ1) is 58.4. The fourth-order valence-corrected chi connectivity index (χ4v) is 20.1. The van der Waals surface area contributed by atoms with Crippen molar-refractivity contribution in [2.75, 3.05) is 10.2 Å². The number of benzene rings is 18. The van der Waals surface area contributed by atoms with Gasteiger partial charge in [-0.15, -0.1) is 0 Å². The maximum Gasteiger partial charge on any atom is 0.0620 e. The van der Waals surface area contributed by atoms with Crippen LogP contribution in [-0.4, -0.2) is 8.80 Å². The first kappa shape index (κ1) is 71.2. The Kier molecular flexibility index (Phi) is 17.1. The summed E-state index contributed by atoms with van der Waals surface area (Å²) < 4.78 is 5.98. The average Bonchev–Trinajstić information content (AvgIpc) is 1.51. The highest BCUT2D eigenvalue weighted by Crippen LogP contribution is 2.53. The summed E-state index contributed by atoms with van der Waals surface area (Å²) >= 11 is 3.63. The van der Waals surface area contributed by atoms with Crippen LogP contribution in [0.25, 0.3) is 165 Å². The van der Waals surface area contributed by atoms with E-state index < -0.39 is 0 Å². The van der Waals surface area contributed by atoms with Crippen molar-refractivity contribution in [1.82, 2.24) is 8.80 Å². The maximum atomic E-state index is 3.63. The second kappa shape index (κ2) is 28.5. The van der Waals surface area contributed by atoms with Crippen molar-refractivity contribution in [3.05, 3.63) is 439 Å². The number of anilines is 5. The van der Waals surface area contributed by atoms with E-state index in [0.717, 1.165) is 32.9 Å². The van der Waals surface area contributed by atoms with Gasteiger partial charge in [-0.2, -0.15) is 0 Å². The molecule has 22 aromatic rings. The molecule has 0 bridgehead atoms. The SMILES string of the molecule is Brc1cccc(-c2ccccc2-c2ccc3c(c2)c2cccc4c5ccccc5n3c42)c1.CC1(C)c2ccccc2-c2ccc(N(c3ccc(-c4ccccc4)cc3)c3cccc(-c4ccccc4-c4ccc5c(c4)c4cccc6c7ccccc7n5c64)c3)cc21.CC1(C)c2ccccc2-c2ccc(Nc3ccc(-c4ccccc4)cc3)cc21. The molecule has 119 heavy (non-hydrogen) atoms. The molecule has 564 valence electrons. The van der Waals surface area contributed by atoms with Crippen molar-refractivity contribution in [3.63, 3.8) is 0 Å². The van der Waals surface area contributed by atoms with Crippen molar-refractivity contribution in [2.45, 2.75) is 38.5 Å². The number of halogens is 1. The Morgan fingerprint density at radius 3 is 1.07 bits per heavy atom. The van der Waals surface area contributed by atoms with Crippen LogP contribution in [0.1, 0.15) is 49.9 Å². The van der Waals surface area contributed by atoms with Crippen molar-refractivity contribution < 1.29 is 0 Å². The smallest absolute Gasteiger partial charge is 0.0620 e. The van der Waals surface area contributed by atoms with Crippen LogP contribution >= 0.6 is 15.9 Å². The van der Waals surface area contributed by atoms with Gasteiger partial charge in [0.2, 0.25) is 0 Å². The average molecular weight is 1590 g/mol. The van der Waals surface area contributed by atoms with E-state index in [1.807, 2.05) is 6.07 Å². The zero-order valence-electron chi connectivity index (χ0n) is 66.5. The Morgan fingerprint density at radius 1 is 0.218 bits per heavy atom. The van der Waals surface area contributed by atoms with E-state index >= 15 is 0 Å². The Morgan fingerprint density at radius 2 is 0.555 bits per heavy atom. The van der Waals surface area contributed by atoms with Gasteiger partial charge in [-0.05, 0) is 220 Å². The second-order valence-corrected chi connectivity index (χ2v) is 33.8. The highest BCUT2D eigenvalue weighted by molar-refractivity contribution is 9.10. The third kappa shape index (κ3) is 11.9. The van der Waals surface area contributed by atoms with E-state index in [4.69, 9.17) is 0 Å². The summed E-state index contributed by atoms with van der Waals surface area (Å²) in [7, 11) is 0. The van der Waals surface area contributed by atoms with Crippen molar-refractivity contribution in [2.24, 2.45) is 0 Å². The summed E-state index contributed by atoms with van der Waals surface area (Å²) in [4.78, 5) is 2.43. The number of rotatable bonds is 11. The second-order valence-electron chi connectivity index (χ2n) is 32.9. The van der Waals surface area contributed by atoms with Gasteiger partial charge in [0.05, 0.1) is 33.1 Å². The number of hydrogen-bond donors (Lipinski definition) is 1. The van der Waals surface area contributed by atoms with Crippen LogP contribution in [0.2, 0.25) is 0 Å².